The number of fused-ring (bicyclic) bond motifs is 1. The highest BCUT2D eigenvalue weighted by Gasteiger charge is 2.20. The van der Waals surface area contributed by atoms with E-state index in [1.165, 1.54) is 0 Å². The zero-order chi connectivity index (χ0) is 26.3. The van der Waals surface area contributed by atoms with Gasteiger partial charge in [0.2, 0.25) is 11.0 Å². The molecule has 0 fully saturated rings. The van der Waals surface area contributed by atoms with Gasteiger partial charge < -0.3 is 31.7 Å². The quantitative estimate of drug-likeness (QED) is 0.212. The largest absolute Gasteiger partial charge is 0.673 e. The van der Waals surface area contributed by atoms with E-state index >= 15 is 0 Å². The smallest absolute Gasteiger partial charge is 0.497 e. The summed E-state index contributed by atoms with van der Waals surface area (Å²) in [4.78, 5) is 3.56. The zero-order valence-electron chi connectivity index (χ0n) is 19.8. The Morgan fingerprint density at radius 3 is 1.97 bits per heavy atom. The molecule has 0 spiro atoms. The maximum atomic E-state index is 9.75. The molecule has 4 aromatic carbocycles. The van der Waals surface area contributed by atoms with Crippen LogP contribution in [0.4, 0.5) is 34.3 Å². The summed E-state index contributed by atoms with van der Waals surface area (Å²) in [5, 5.41) is 5.42. The Kier molecular flexibility index (Phi) is 7.93. The lowest BCUT2D eigenvalue weighted by atomic mass is 10.1. The van der Waals surface area contributed by atoms with Crippen LogP contribution >= 0.6 is 0 Å². The highest BCUT2D eigenvalue weighted by molar-refractivity contribution is 6.50. The van der Waals surface area contributed by atoms with Gasteiger partial charge >= 0.3 is 7.25 Å². The van der Waals surface area contributed by atoms with Gasteiger partial charge in [0.05, 0.1) is 18.6 Å². The molecule has 5 rings (SSSR count). The molecule has 1 heterocycles. The Balaban J connectivity index is 0.000000586. The van der Waals surface area contributed by atoms with E-state index in [0.717, 1.165) is 50.5 Å². The van der Waals surface area contributed by atoms with Gasteiger partial charge in [-0.3, -0.25) is 0 Å². The number of ether oxygens (including phenoxy) is 1. The molecule has 5 aromatic rings. The van der Waals surface area contributed by atoms with E-state index in [9.17, 15) is 17.3 Å². The molecular weight excluding hydrogens is 483 g/mol. The van der Waals surface area contributed by atoms with Gasteiger partial charge in [-0.1, -0.05) is 30.3 Å². The molecule has 37 heavy (non-hydrogen) atoms. The maximum absolute atomic E-state index is 9.75. The van der Waals surface area contributed by atoms with Gasteiger partial charge in [-0.05, 0) is 60.7 Å². The minimum atomic E-state index is -6.00. The van der Waals surface area contributed by atoms with E-state index in [0.29, 0.717) is 0 Å². The molecule has 0 radical (unpaired) electrons. The van der Waals surface area contributed by atoms with Crippen molar-refractivity contribution in [1.82, 2.24) is 0 Å². The lowest BCUT2D eigenvalue weighted by Gasteiger charge is -2.05. The van der Waals surface area contributed by atoms with Crippen LogP contribution < -0.4 is 20.4 Å². The van der Waals surface area contributed by atoms with Gasteiger partial charge in [-0.25, -0.2) is 4.99 Å². The monoisotopic (exact) mass is 506 g/mol. The van der Waals surface area contributed by atoms with Crippen molar-refractivity contribution >= 4 is 35.3 Å². The molecule has 0 atom stereocenters. The van der Waals surface area contributed by atoms with Crippen molar-refractivity contribution in [3.63, 3.8) is 0 Å². The van der Waals surface area contributed by atoms with Gasteiger partial charge in [-0.15, -0.1) is 0 Å². The molecule has 188 valence electrons. The first-order valence-corrected chi connectivity index (χ1v) is 11.4. The number of hydrogen-bond acceptors (Lipinski definition) is 3. The fourth-order valence-electron chi connectivity index (χ4n) is 3.62. The summed E-state index contributed by atoms with van der Waals surface area (Å²) in [5.74, 6) is 1.60. The van der Waals surface area contributed by atoms with E-state index in [2.05, 4.69) is 40.6 Å². The third kappa shape index (κ3) is 7.48. The van der Waals surface area contributed by atoms with Crippen LogP contribution in [-0.4, -0.2) is 14.4 Å². The predicted molar refractivity (Wildman–Crippen MR) is 138 cm³/mol. The molecule has 1 aromatic heterocycles. The topological polar surface area (TPSA) is 48.4 Å². The lowest BCUT2D eigenvalue weighted by Crippen LogP contribution is -2.70. The predicted octanol–water partition coefficient (Wildman–Crippen LogP) is 6.47. The van der Waals surface area contributed by atoms with Crippen LogP contribution in [0.25, 0.3) is 22.3 Å². The average molecular weight is 506 g/mol. The van der Waals surface area contributed by atoms with Gasteiger partial charge in [0.15, 0.2) is 0 Å². The first kappa shape index (κ1) is 25.6. The highest BCUT2D eigenvalue weighted by atomic mass is 19.5. The number of methoxy groups -OCH3 is 1. The summed E-state index contributed by atoms with van der Waals surface area (Å²) in [6.07, 6.45) is 0. The third-order valence-electron chi connectivity index (χ3n) is 5.27. The van der Waals surface area contributed by atoms with Crippen LogP contribution in [0.15, 0.2) is 114 Å². The van der Waals surface area contributed by atoms with Gasteiger partial charge in [0, 0.05) is 29.1 Å². The second-order valence-electron chi connectivity index (χ2n) is 7.94. The van der Waals surface area contributed by atoms with Crippen LogP contribution in [0.2, 0.25) is 0 Å². The lowest BCUT2D eigenvalue weighted by molar-refractivity contribution is -0.400. The van der Waals surface area contributed by atoms with Crippen molar-refractivity contribution < 1.29 is 31.4 Å². The van der Waals surface area contributed by atoms with Crippen molar-refractivity contribution in [3.8, 4) is 17.1 Å². The third-order valence-corrected chi connectivity index (χ3v) is 5.27. The van der Waals surface area contributed by atoms with Crippen LogP contribution in [0.3, 0.4) is 0 Å². The van der Waals surface area contributed by atoms with Crippen molar-refractivity contribution in [3.05, 3.63) is 115 Å². The molecule has 0 saturated heterocycles. The molecule has 4 nitrogen and oxygen atoms in total. The van der Waals surface area contributed by atoms with E-state index in [1.54, 1.807) is 7.11 Å². The molecule has 0 saturated carbocycles. The summed E-state index contributed by atoms with van der Waals surface area (Å²) >= 11 is 0. The Bertz CT molecular complexity index is 1510. The Labute approximate surface area is 211 Å². The summed E-state index contributed by atoms with van der Waals surface area (Å²) in [6.45, 7) is 0. The summed E-state index contributed by atoms with van der Waals surface area (Å²) in [6, 6.07) is 36.4. The van der Waals surface area contributed by atoms with E-state index < -0.39 is 7.25 Å². The molecule has 0 amide bonds. The molecule has 0 unspecified atom stereocenters. The molecule has 9 heteroatoms. The average Bonchev–Trinajstić information content (AvgIpc) is 2.89. The molecule has 0 aliphatic carbocycles. The standard InChI is InChI=1S/C28H22N2O2.BF4/c1-31-24-17-11-20(12-18-24)28-19-26(25-9-5-6-10-27(25)32-28)30-23-15-13-22(14-16-23)29-21-7-3-2-4-8-21;2-1(3,4)5/h2-19,29H,1H3;/q;-1/p+1. The fourth-order valence-corrected chi connectivity index (χ4v) is 3.62. The van der Waals surface area contributed by atoms with Crippen molar-refractivity contribution in [2.45, 2.75) is 0 Å². The Morgan fingerprint density at radius 2 is 1.32 bits per heavy atom. The van der Waals surface area contributed by atoms with E-state index in [-0.39, 0.29) is 0 Å². The normalized spacial score (nSPS) is 11.5. The van der Waals surface area contributed by atoms with Crippen LogP contribution in [0, 0.1) is 0 Å². The number of rotatable bonds is 5. The van der Waals surface area contributed by atoms with Crippen LogP contribution in [0.5, 0.6) is 5.75 Å². The molecular formula is C28H23BF4N2O2. The Morgan fingerprint density at radius 1 is 0.730 bits per heavy atom. The number of nitrogens with one attached hydrogen (secondary N) is 2. The first-order chi connectivity index (χ1) is 17.8. The molecule has 0 bridgehead atoms. The van der Waals surface area contributed by atoms with Crippen molar-refractivity contribution in [2.24, 2.45) is 0 Å². The molecule has 2 N–H and O–H groups in total. The highest BCUT2D eigenvalue weighted by Crippen LogP contribution is 2.24. The number of benzene rings is 4. The molecule has 0 aliphatic heterocycles. The van der Waals surface area contributed by atoms with Crippen molar-refractivity contribution in [2.75, 3.05) is 12.4 Å². The Hall–Kier alpha value is -4.53. The van der Waals surface area contributed by atoms with E-state index in [4.69, 9.17) is 9.15 Å². The summed E-state index contributed by atoms with van der Waals surface area (Å²) in [5.41, 5.74) is 4.91. The number of halogens is 4. The van der Waals surface area contributed by atoms with E-state index in [1.807, 2.05) is 78.9 Å². The second-order valence-corrected chi connectivity index (χ2v) is 7.94. The van der Waals surface area contributed by atoms with Gasteiger partial charge in [-0.2, -0.15) is 0 Å². The van der Waals surface area contributed by atoms with Gasteiger partial charge in [0.25, 0.3) is 0 Å². The maximum Gasteiger partial charge on any atom is 0.673 e. The fraction of sp³-hybridized carbons (Fsp3) is 0.0357. The van der Waals surface area contributed by atoms with Crippen LogP contribution in [0.1, 0.15) is 0 Å². The minimum absolute atomic E-state index is 0.788. The SMILES string of the molecule is COc1ccc(-c2cc(=[NH+]c3ccc(Nc4ccccc4)cc3)c3ccccc3o2)cc1.F[B-](F)(F)F. The summed E-state index contributed by atoms with van der Waals surface area (Å²) < 4.78 is 50.5. The first-order valence-electron chi connectivity index (χ1n) is 11.4. The van der Waals surface area contributed by atoms with Gasteiger partial charge in [0.1, 0.15) is 17.1 Å². The minimum Gasteiger partial charge on any atom is -0.497 e. The number of para-hydroxylation sites is 2. The van der Waals surface area contributed by atoms with Crippen molar-refractivity contribution in [1.29, 1.82) is 0 Å². The number of hydrogen-bond donors (Lipinski definition) is 2. The zero-order valence-corrected chi connectivity index (χ0v) is 19.8. The molecule has 0 aliphatic rings. The van der Waals surface area contributed by atoms with Crippen LogP contribution in [-0.2, 0) is 0 Å². The summed E-state index contributed by atoms with van der Waals surface area (Å²) in [7, 11) is -4.34. The second kappa shape index (κ2) is 11.5. The number of anilines is 2.